The van der Waals surface area contributed by atoms with Crippen LogP contribution >= 0.6 is 11.8 Å². The van der Waals surface area contributed by atoms with E-state index in [2.05, 4.69) is 17.6 Å². The van der Waals surface area contributed by atoms with E-state index in [9.17, 15) is 4.79 Å². The highest BCUT2D eigenvalue weighted by Crippen LogP contribution is 2.28. The van der Waals surface area contributed by atoms with Crippen LogP contribution in [0.3, 0.4) is 0 Å². The number of nitrogens with one attached hydrogen (secondary N) is 2. The second kappa shape index (κ2) is 5.21. The number of carbonyl (C=O) groups excluding carboxylic acids is 1. The fourth-order valence-electron chi connectivity index (χ4n) is 1.93. The van der Waals surface area contributed by atoms with Crippen molar-refractivity contribution in [2.45, 2.75) is 37.5 Å². The Bertz CT molecular complexity index is 231. The van der Waals surface area contributed by atoms with Gasteiger partial charge in [0, 0.05) is 30.3 Å². The summed E-state index contributed by atoms with van der Waals surface area (Å²) < 4.78 is 0. The maximum absolute atomic E-state index is 11.3. The molecule has 1 saturated heterocycles. The maximum Gasteiger partial charge on any atom is 0.223 e. The molecule has 0 aromatic carbocycles. The van der Waals surface area contributed by atoms with Gasteiger partial charge in [0.05, 0.1) is 0 Å². The molecule has 2 atom stereocenters. The molecule has 1 aliphatic carbocycles. The minimum absolute atomic E-state index is 0.255. The van der Waals surface area contributed by atoms with Crippen LogP contribution in [0.15, 0.2) is 0 Å². The zero-order chi connectivity index (χ0) is 10.7. The summed E-state index contributed by atoms with van der Waals surface area (Å²) in [5, 5.41) is 7.21. The quantitative estimate of drug-likeness (QED) is 0.690. The van der Waals surface area contributed by atoms with Gasteiger partial charge >= 0.3 is 0 Å². The molecule has 2 fully saturated rings. The zero-order valence-corrected chi connectivity index (χ0v) is 10.1. The van der Waals surface area contributed by atoms with E-state index in [1.54, 1.807) is 0 Å². The van der Waals surface area contributed by atoms with Gasteiger partial charge in [-0.25, -0.2) is 0 Å². The molecule has 0 aromatic heterocycles. The summed E-state index contributed by atoms with van der Waals surface area (Å²) in [6.07, 6.45) is 3.45. The molecule has 2 rings (SSSR count). The largest absolute Gasteiger partial charge is 0.355 e. The molecule has 1 heterocycles. The lowest BCUT2D eigenvalue weighted by molar-refractivity contribution is -0.122. The number of carbonyl (C=O) groups is 1. The van der Waals surface area contributed by atoms with Crippen molar-refractivity contribution in [2.75, 3.05) is 18.8 Å². The summed E-state index contributed by atoms with van der Waals surface area (Å²) in [6, 6.07) is 0.646. The minimum Gasteiger partial charge on any atom is -0.355 e. The molecule has 1 aliphatic heterocycles. The summed E-state index contributed by atoms with van der Waals surface area (Å²) in [6.45, 7) is 3.97. The van der Waals surface area contributed by atoms with Crippen LogP contribution < -0.4 is 10.6 Å². The van der Waals surface area contributed by atoms with Gasteiger partial charge < -0.3 is 10.6 Å². The summed E-state index contributed by atoms with van der Waals surface area (Å²) in [5.74, 6) is 1.87. The molecule has 15 heavy (non-hydrogen) atoms. The zero-order valence-electron chi connectivity index (χ0n) is 9.29. The van der Waals surface area contributed by atoms with Crippen LogP contribution in [0, 0.1) is 5.92 Å². The van der Waals surface area contributed by atoms with Crippen LogP contribution in [0.25, 0.3) is 0 Å². The Balaban J connectivity index is 1.52. The first-order chi connectivity index (χ1) is 7.27. The standard InChI is InChI=1S/C11H20N2OS/c1-8-10(4-7-15-8)12-5-6-13-11(14)9-2-3-9/h8-10,12H,2-7H2,1H3,(H,13,14). The minimum atomic E-state index is 0.255. The molecule has 0 aromatic rings. The van der Waals surface area contributed by atoms with Gasteiger partial charge in [0.2, 0.25) is 5.91 Å². The van der Waals surface area contributed by atoms with E-state index < -0.39 is 0 Å². The Hall–Kier alpha value is -0.220. The molecule has 2 unspecified atom stereocenters. The number of amides is 1. The van der Waals surface area contributed by atoms with Crippen LogP contribution in [-0.4, -0.2) is 36.0 Å². The van der Waals surface area contributed by atoms with E-state index in [0.29, 0.717) is 12.0 Å². The molecule has 2 N–H and O–H groups in total. The monoisotopic (exact) mass is 228 g/mol. The Morgan fingerprint density at radius 2 is 2.13 bits per heavy atom. The van der Waals surface area contributed by atoms with Gasteiger partial charge in [-0.3, -0.25) is 4.79 Å². The van der Waals surface area contributed by atoms with Crippen molar-refractivity contribution in [3.8, 4) is 0 Å². The van der Waals surface area contributed by atoms with E-state index >= 15 is 0 Å². The Labute approximate surface area is 95.8 Å². The van der Waals surface area contributed by atoms with Crippen molar-refractivity contribution in [1.82, 2.24) is 10.6 Å². The summed E-state index contributed by atoms with van der Waals surface area (Å²) in [4.78, 5) is 11.3. The van der Waals surface area contributed by atoms with Crippen LogP contribution in [-0.2, 0) is 4.79 Å². The first-order valence-electron chi connectivity index (χ1n) is 5.90. The van der Waals surface area contributed by atoms with Gasteiger partial charge in [-0.1, -0.05) is 6.92 Å². The topological polar surface area (TPSA) is 41.1 Å². The van der Waals surface area contributed by atoms with Gasteiger partial charge in [0.1, 0.15) is 0 Å². The fraction of sp³-hybridized carbons (Fsp3) is 0.909. The first-order valence-corrected chi connectivity index (χ1v) is 6.95. The molecule has 4 heteroatoms. The van der Waals surface area contributed by atoms with Gasteiger partial charge in [-0.05, 0) is 25.0 Å². The number of rotatable bonds is 5. The second-order valence-corrected chi connectivity index (χ2v) is 5.98. The van der Waals surface area contributed by atoms with E-state index in [1.807, 2.05) is 11.8 Å². The van der Waals surface area contributed by atoms with Crippen LogP contribution in [0.5, 0.6) is 0 Å². The molecule has 0 radical (unpaired) electrons. The van der Waals surface area contributed by atoms with Gasteiger partial charge in [-0.15, -0.1) is 0 Å². The number of hydrogen-bond acceptors (Lipinski definition) is 3. The lowest BCUT2D eigenvalue weighted by Gasteiger charge is -2.16. The SMILES string of the molecule is CC1SCCC1NCCNC(=O)C1CC1. The van der Waals surface area contributed by atoms with Crippen molar-refractivity contribution in [3.05, 3.63) is 0 Å². The van der Waals surface area contributed by atoms with Crippen molar-refractivity contribution < 1.29 is 4.79 Å². The molecule has 86 valence electrons. The highest BCUT2D eigenvalue weighted by atomic mass is 32.2. The van der Waals surface area contributed by atoms with Gasteiger partial charge in [-0.2, -0.15) is 11.8 Å². The van der Waals surface area contributed by atoms with E-state index in [4.69, 9.17) is 0 Å². The molecular weight excluding hydrogens is 208 g/mol. The highest BCUT2D eigenvalue weighted by Gasteiger charge is 2.29. The van der Waals surface area contributed by atoms with E-state index in [-0.39, 0.29) is 5.91 Å². The second-order valence-electron chi connectivity index (χ2n) is 4.49. The van der Waals surface area contributed by atoms with E-state index in [1.165, 1.54) is 12.2 Å². The molecule has 3 nitrogen and oxygen atoms in total. The van der Waals surface area contributed by atoms with Crippen molar-refractivity contribution in [1.29, 1.82) is 0 Å². The fourth-order valence-corrected chi connectivity index (χ4v) is 3.16. The predicted octanol–water partition coefficient (Wildman–Crippen LogP) is 0.996. The average Bonchev–Trinajstić information content (AvgIpc) is 2.99. The smallest absolute Gasteiger partial charge is 0.223 e. The molecule has 2 aliphatic rings. The average molecular weight is 228 g/mol. The van der Waals surface area contributed by atoms with Crippen LogP contribution in [0.1, 0.15) is 26.2 Å². The van der Waals surface area contributed by atoms with Gasteiger partial charge in [0.15, 0.2) is 0 Å². The third-order valence-corrected chi connectivity index (χ3v) is 4.48. The van der Waals surface area contributed by atoms with Gasteiger partial charge in [0.25, 0.3) is 0 Å². The Kier molecular flexibility index (Phi) is 3.92. The lowest BCUT2D eigenvalue weighted by Crippen LogP contribution is -2.39. The number of thioether (sulfide) groups is 1. The van der Waals surface area contributed by atoms with Crippen molar-refractivity contribution >= 4 is 17.7 Å². The number of hydrogen-bond donors (Lipinski definition) is 2. The Morgan fingerprint density at radius 1 is 1.33 bits per heavy atom. The molecule has 1 saturated carbocycles. The summed E-state index contributed by atoms with van der Waals surface area (Å²) in [5.41, 5.74) is 0. The highest BCUT2D eigenvalue weighted by molar-refractivity contribution is 8.00. The van der Waals surface area contributed by atoms with Crippen molar-refractivity contribution in [2.24, 2.45) is 5.92 Å². The molecule has 0 bridgehead atoms. The van der Waals surface area contributed by atoms with Crippen LogP contribution in [0.2, 0.25) is 0 Å². The van der Waals surface area contributed by atoms with Crippen LogP contribution in [0.4, 0.5) is 0 Å². The van der Waals surface area contributed by atoms with E-state index in [0.717, 1.165) is 31.2 Å². The first kappa shape index (κ1) is 11.3. The normalized spacial score (nSPS) is 30.5. The third-order valence-electron chi connectivity index (χ3n) is 3.16. The predicted molar refractivity (Wildman–Crippen MR) is 64.1 cm³/mol. The Morgan fingerprint density at radius 3 is 2.73 bits per heavy atom. The molecular formula is C11H20N2OS. The molecule has 1 amide bonds. The lowest BCUT2D eigenvalue weighted by atomic mass is 10.2. The third kappa shape index (κ3) is 3.38. The summed E-state index contributed by atoms with van der Waals surface area (Å²) in [7, 11) is 0. The van der Waals surface area contributed by atoms with Crippen molar-refractivity contribution in [3.63, 3.8) is 0 Å². The maximum atomic E-state index is 11.3. The summed E-state index contributed by atoms with van der Waals surface area (Å²) >= 11 is 2.03. The molecule has 0 spiro atoms.